The van der Waals surface area contributed by atoms with Crippen molar-refractivity contribution < 1.29 is 35.0 Å². The fraction of sp³-hybridized carbons (Fsp3) is 0.600. The minimum atomic E-state index is -1.37. The number of ether oxygens (including phenoxy) is 2. The van der Waals surface area contributed by atoms with Crippen molar-refractivity contribution in [1.29, 1.82) is 0 Å². The second-order valence-electron chi connectivity index (χ2n) is 5.42. The summed E-state index contributed by atoms with van der Waals surface area (Å²) in [6.45, 7) is -0.511. The summed E-state index contributed by atoms with van der Waals surface area (Å²) in [5, 5.41) is 49.0. The molecule has 1 aromatic carbocycles. The summed E-state index contributed by atoms with van der Waals surface area (Å²) < 4.78 is 10.1. The van der Waals surface area contributed by atoms with Gasteiger partial charge in [0.05, 0.1) is 25.9 Å². The predicted molar refractivity (Wildman–Crippen MR) is 76.0 cm³/mol. The number of rotatable bonds is 5. The van der Waals surface area contributed by atoms with Crippen molar-refractivity contribution in [2.24, 2.45) is 5.92 Å². The number of benzene rings is 1. The highest BCUT2D eigenvalue weighted by Gasteiger charge is 2.44. The summed E-state index contributed by atoms with van der Waals surface area (Å²) in [7, 11) is 1.54. The molecule has 7 heteroatoms. The van der Waals surface area contributed by atoms with Gasteiger partial charge in [-0.25, -0.2) is 0 Å². The third-order valence-electron chi connectivity index (χ3n) is 4.03. The average Bonchev–Trinajstić information content (AvgIpc) is 2.54. The maximum atomic E-state index is 10.2. The van der Waals surface area contributed by atoms with Crippen LogP contribution in [0.4, 0.5) is 0 Å². The van der Waals surface area contributed by atoms with E-state index in [4.69, 9.17) is 14.6 Å². The molecule has 1 saturated heterocycles. The van der Waals surface area contributed by atoms with E-state index >= 15 is 0 Å². The molecule has 1 fully saturated rings. The van der Waals surface area contributed by atoms with Gasteiger partial charge in [-0.1, -0.05) is 12.1 Å². The first-order chi connectivity index (χ1) is 10.5. The van der Waals surface area contributed by atoms with Crippen molar-refractivity contribution in [3.63, 3.8) is 0 Å². The van der Waals surface area contributed by atoms with E-state index in [1.54, 1.807) is 24.3 Å². The van der Waals surface area contributed by atoms with Crippen molar-refractivity contribution in [2.75, 3.05) is 13.7 Å². The predicted octanol–water partition coefficient (Wildman–Crippen LogP) is -0.834. The fourth-order valence-corrected chi connectivity index (χ4v) is 2.63. The van der Waals surface area contributed by atoms with Crippen LogP contribution >= 0.6 is 0 Å². The summed E-state index contributed by atoms with van der Waals surface area (Å²) >= 11 is 0. The molecule has 0 spiro atoms. The molecule has 2 rings (SSSR count). The zero-order valence-electron chi connectivity index (χ0n) is 12.2. The lowest BCUT2D eigenvalue weighted by molar-refractivity contribution is -0.273. The molecule has 0 saturated carbocycles. The first kappa shape index (κ1) is 17.1. The summed E-state index contributed by atoms with van der Waals surface area (Å²) in [6.07, 6.45) is -5.97. The van der Waals surface area contributed by atoms with Crippen LogP contribution in [0.1, 0.15) is 18.1 Å². The molecule has 6 atom stereocenters. The SMILES string of the molecule is COc1ccc(C(O)C[C@H]2C(O)O[C@H](CO)[C@@H](O)[C@@H]2O)cc1. The molecule has 0 aliphatic carbocycles. The van der Waals surface area contributed by atoms with Crippen LogP contribution in [0.3, 0.4) is 0 Å². The molecule has 22 heavy (non-hydrogen) atoms. The maximum Gasteiger partial charge on any atom is 0.160 e. The molecular formula is C15H22O7. The van der Waals surface area contributed by atoms with E-state index in [2.05, 4.69) is 0 Å². The van der Waals surface area contributed by atoms with Gasteiger partial charge >= 0.3 is 0 Å². The molecular weight excluding hydrogens is 292 g/mol. The van der Waals surface area contributed by atoms with E-state index in [1.807, 2.05) is 0 Å². The molecule has 0 aromatic heterocycles. The van der Waals surface area contributed by atoms with Crippen LogP contribution in [-0.2, 0) is 4.74 Å². The summed E-state index contributed by atoms with van der Waals surface area (Å²) in [5.41, 5.74) is 0.596. The molecule has 1 aromatic rings. The van der Waals surface area contributed by atoms with E-state index in [1.165, 1.54) is 7.11 Å². The van der Waals surface area contributed by atoms with E-state index in [9.17, 15) is 20.4 Å². The van der Waals surface area contributed by atoms with Gasteiger partial charge in [0.2, 0.25) is 0 Å². The van der Waals surface area contributed by atoms with Crippen molar-refractivity contribution in [2.45, 2.75) is 37.1 Å². The van der Waals surface area contributed by atoms with E-state index in [0.717, 1.165) is 0 Å². The molecule has 7 nitrogen and oxygen atoms in total. The molecule has 124 valence electrons. The van der Waals surface area contributed by atoms with Gasteiger partial charge in [-0.05, 0) is 24.1 Å². The fourth-order valence-electron chi connectivity index (χ4n) is 2.63. The smallest absolute Gasteiger partial charge is 0.160 e. The number of hydrogen-bond donors (Lipinski definition) is 5. The lowest BCUT2D eigenvalue weighted by Crippen LogP contribution is -2.55. The number of hydrogen-bond acceptors (Lipinski definition) is 7. The van der Waals surface area contributed by atoms with Crippen LogP contribution in [0.5, 0.6) is 5.75 Å². The van der Waals surface area contributed by atoms with E-state index < -0.39 is 43.2 Å². The van der Waals surface area contributed by atoms with E-state index in [-0.39, 0.29) is 6.42 Å². The Morgan fingerprint density at radius 2 is 1.77 bits per heavy atom. The second-order valence-corrected chi connectivity index (χ2v) is 5.42. The van der Waals surface area contributed by atoms with Gasteiger partial charge in [0.1, 0.15) is 18.0 Å². The van der Waals surface area contributed by atoms with Crippen LogP contribution in [0.2, 0.25) is 0 Å². The van der Waals surface area contributed by atoms with Crippen LogP contribution in [0, 0.1) is 5.92 Å². The van der Waals surface area contributed by atoms with Gasteiger partial charge in [0.25, 0.3) is 0 Å². The summed E-state index contributed by atoms with van der Waals surface area (Å²) in [4.78, 5) is 0. The van der Waals surface area contributed by atoms with Crippen LogP contribution < -0.4 is 4.74 Å². The monoisotopic (exact) mass is 314 g/mol. The highest BCUT2D eigenvalue weighted by molar-refractivity contribution is 5.28. The number of aliphatic hydroxyl groups excluding tert-OH is 5. The van der Waals surface area contributed by atoms with Gasteiger partial charge in [-0.15, -0.1) is 0 Å². The van der Waals surface area contributed by atoms with Crippen molar-refractivity contribution in [3.05, 3.63) is 29.8 Å². The average molecular weight is 314 g/mol. The highest BCUT2D eigenvalue weighted by Crippen LogP contribution is 2.32. The first-order valence-electron chi connectivity index (χ1n) is 7.10. The molecule has 1 heterocycles. The Bertz CT molecular complexity index is 463. The second kappa shape index (κ2) is 7.36. The minimum Gasteiger partial charge on any atom is -0.497 e. The van der Waals surface area contributed by atoms with Crippen LogP contribution in [0.25, 0.3) is 0 Å². The summed E-state index contributed by atoms with van der Waals surface area (Å²) in [5.74, 6) is -0.215. The Morgan fingerprint density at radius 3 is 2.32 bits per heavy atom. The van der Waals surface area contributed by atoms with Gasteiger partial charge in [0.15, 0.2) is 6.29 Å². The van der Waals surface area contributed by atoms with Crippen molar-refractivity contribution >= 4 is 0 Å². The van der Waals surface area contributed by atoms with Crippen LogP contribution in [0.15, 0.2) is 24.3 Å². The Morgan fingerprint density at radius 1 is 1.14 bits per heavy atom. The number of aliphatic hydroxyl groups is 5. The largest absolute Gasteiger partial charge is 0.497 e. The lowest BCUT2D eigenvalue weighted by atomic mass is 9.85. The Kier molecular flexibility index (Phi) is 5.74. The quantitative estimate of drug-likeness (QED) is 0.481. The van der Waals surface area contributed by atoms with Crippen LogP contribution in [-0.4, -0.2) is 63.9 Å². The Labute approximate surface area is 128 Å². The molecule has 1 aliphatic rings. The normalized spacial score (nSPS) is 33.5. The Hall–Kier alpha value is -1.22. The topological polar surface area (TPSA) is 120 Å². The van der Waals surface area contributed by atoms with Gasteiger partial charge in [-0.2, -0.15) is 0 Å². The molecule has 5 N–H and O–H groups in total. The zero-order chi connectivity index (χ0) is 16.3. The molecule has 0 bridgehead atoms. The third-order valence-corrected chi connectivity index (χ3v) is 4.03. The molecule has 2 unspecified atom stereocenters. The molecule has 0 radical (unpaired) electrons. The van der Waals surface area contributed by atoms with E-state index in [0.29, 0.717) is 11.3 Å². The molecule has 1 aliphatic heterocycles. The Balaban J connectivity index is 2.04. The molecule has 0 amide bonds. The highest BCUT2D eigenvalue weighted by atomic mass is 16.6. The minimum absolute atomic E-state index is 0.00384. The summed E-state index contributed by atoms with van der Waals surface area (Å²) in [6, 6.07) is 6.75. The van der Waals surface area contributed by atoms with Crippen molar-refractivity contribution in [1.82, 2.24) is 0 Å². The van der Waals surface area contributed by atoms with Crippen molar-refractivity contribution in [3.8, 4) is 5.75 Å². The van der Waals surface area contributed by atoms with Gasteiger partial charge in [-0.3, -0.25) is 0 Å². The lowest BCUT2D eigenvalue weighted by Gasteiger charge is -2.40. The third kappa shape index (κ3) is 3.57. The first-order valence-corrected chi connectivity index (χ1v) is 7.10. The maximum absolute atomic E-state index is 10.2. The van der Waals surface area contributed by atoms with Gasteiger partial charge in [0, 0.05) is 5.92 Å². The zero-order valence-corrected chi connectivity index (χ0v) is 12.2. The number of methoxy groups -OCH3 is 1. The standard InChI is InChI=1S/C15H22O7/c1-21-9-4-2-8(3-5-9)11(17)6-10-13(18)14(19)12(7-16)22-15(10)20/h2-5,10-20H,6-7H2,1H3/t10-,11?,12-,13-,14-,15?/m1/s1. The van der Waals surface area contributed by atoms with Gasteiger partial charge < -0.3 is 35.0 Å².